The summed E-state index contributed by atoms with van der Waals surface area (Å²) < 4.78 is 0. The molecule has 0 N–H and O–H groups in total. The quantitative estimate of drug-likeness (QED) is 0.603. The minimum Gasteiger partial charge on any atom is -0.280 e. The molecule has 1 unspecified atom stereocenters. The normalized spacial score (nSPS) is 12.6. The van der Waals surface area contributed by atoms with Crippen LogP contribution in [0, 0.1) is 0 Å². The van der Waals surface area contributed by atoms with Gasteiger partial charge in [0.25, 0.3) is 0 Å². The Hall–Kier alpha value is 0.110. The van der Waals surface area contributed by atoms with E-state index in [9.17, 15) is 4.79 Å². The Labute approximate surface area is 102 Å². The maximum Gasteiger partial charge on any atom is 0.234 e. The van der Waals surface area contributed by atoms with E-state index in [1.807, 2.05) is 0 Å². The second-order valence-electron chi connectivity index (χ2n) is 2.64. The van der Waals surface area contributed by atoms with Crippen molar-refractivity contribution >= 4 is 51.8 Å². The van der Waals surface area contributed by atoms with Crippen molar-refractivity contribution < 1.29 is 4.79 Å². The average molecular weight is 270 g/mol. The van der Waals surface area contributed by atoms with Gasteiger partial charge in [0, 0.05) is 4.90 Å². The largest absolute Gasteiger partial charge is 0.280 e. The lowest BCUT2D eigenvalue weighted by Crippen LogP contribution is -2.04. The molecule has 0 heterocycles. The summed E-state index contributed by atoms with van der Waals surface area (Å²) in [5, 5.41) is 0.321. The standard InChI is InChI=1S/C9H7Cl3OS/c1-5(9(12)13)14-6-2-3-7(10)8(11)4-6/h2-5H,1H3. The van der Waals surface area contributed by atoms with E-state index in [4.69, 9.17) is 34.8 Å². The van der Waals surface area contributed by atoms with E-state index < -0.39 is 0 Å². The molecule has 0 saturated carbocycles. The Morgan fingerprint density at radius 2 is 2.00 bits per heavy atom. The highest BCUT2D eigenvalue weighted by molar-refractivity contribution is 8.00. The molecule has 1 aromatic carbocycles. The zero-order chi connectivity index (χ0) is 10.7. The van der Waals surface area contributed by atoms with Gasteiger partial charge in [-0.15, -0.1) is 11.8 Å². The Morgan fingerprint density at radius 1 is 1.36 bits per heavy atom. The molecular weight excluding hydrogens is 263 g/mol. The van der Waals surface area contributed by atoms with Crippen LogP contribution in [0.5, 0.6) is 0 Å². The highest BCUT2D eigenvalue weighted by Crippen LogP contribution is 2.30. The monoisotopic (exact) mass is 268 g/mol. The van der Waals surface area contributed by atoms with Gasteiger partial charge in [0.1, 0.15) is 0 Å². The molecule has 14 heavy (non-hydrogen) atoms. The number of rotatable bonds is 3. The van der Waals surface area contributed by atoms with Gasteiger partial charge < -0.3 is 0 Å². The first-order chi connectivity index (χ1) is 6.50. The first kappa shape index (κ1) is 12.2. The van der Waals surface area contributed by atoms with Crippen LogP contribution in [0.25, 0.3) is 0 Å². The maximum atomic E-state index is 10.8. The van der Waals surface area contributed by atoms with Crippen LogP contribution in [0.4, 0.5) is 0 Å². The lowest BCUT2D eigenvalue weighted by Gasteiger charge is -2.06. The van der Waals surface area contributed by atoms with Crippen LogP contribution in [-0.2, 0) is 4.79 Å². The molecule has 0 bridgehead atoms. The predicted molar refractivity (Wildman–Crippen MR) is 62.6 cm³/mol. The molecule has 0 aliphatic heterocycles. The molecule has 1 rings (SSSR count). The van der Waals surface area contributed by atoms with Crippen LogP contribution < -0.4 is 0 Å². The SMILES string of the molecule is CC(Sc1ccc(Cl)c(Cl)c1)C(=O)Cl. The molecule has 0 saturated heterocycles. The number of hydrogen-bond donors (Lipinski definition) is 0. The molecular formula is C9H7Cl3OS. The van der Waals surface area contributed by atoms with Crippen molar-refractivity contribution in [2.75, 3.05) is 0 Å². The molecule has 0 spiro atoms. The van der Waals surface area contributed by atoms with E-state index in [1.165, 1.54) is 11.8 Å². The minimum atomic E-state index is -0.374. The van der Waals surface area contributed by atoms with Gasteiger partial charge in [0.05, 0.1) is 15.3 Å². The summed E-state index contributed by atoms with van der Waals surface area (Å²) in [4.78, 5) is 11.7. The van der Waals surface area contributed by atoms with Gasteiger partial charge in [-0.05, 0) is 36.7 Å². The summed E-state index contributed by atoms with van der Waals surface area (Å²) in [7, 11) is 0. The summed E-state index contributed by atoms with van der Waals surface area (Å²) in [6.07, 6.45) is 0. The van der Waals surface area contributed by atoms with E-state index in [0.717, 1.165) is 4.90 Å². The summed E-state index contributed by atoms with van der Waals surface area (Å²) in [5.74, 6) is 0. The number of thioether (sulfide) groups is 1. The molecule has 0 radical (unpaired) electrons. The van der Waals surface area contributed by atoms with Crippen molar-refractivity contribution in [3.05, 3.63) is 28.2 Å². The lowest BCUT2D eigenvalue weighted by molar-refractivity contribution is -0.111. The zero-order valence-electron chi connectivity index (χ0n) is 7.26. The fraction of sp³-hybridized carbons (Fsp3) is 0.222. The predicted octanol–water partition coefficient (Wildman–Crippen LogP) is 4.24. The fourth-order valence-electron chi connectivity index (χ4n) is 0.801. The van der Waals surface area contributed by atoms with Gasteiger partial charge in [-0.2, -0.15) is 0 Å². The van der Waals surface area contributed by atoms with Crippen LogP contribution in [0.1, 0.15) is 6.92 Å². The zero-order valence-corrected chi connectivity index (χ0v) is 10.3. The van der Waals surface area contributed by atoms with Gasteiger partial charge in [-0.1, -0.05) is 23.2 Å². The Balaban J connectivity index is 2.78. The smallest absolute Gasteiger partial charge is 0.234 e. The minimum absolute atomic E-state index is 0.283. The first-order valence-electron chi connectivity index (χ1n) is 3.81. The van der Waals surface area contributed by atoms with E-state index >= 15 is 0 Å². The van der Waals surface area contributed by atoms with E-state index in [0.29, 0.717) is 10.0 Å². The number of carbonyl (C=O) groups excluding carboxylic acids is 1. The Kier molecular flexibility index (Phi) is 4.58. The Bertz CT molecular complexity index is 354. The van der Waals surface area contributed by atoms with Crippen molar-refractivity contribution in [1.82, 2.24) is 0 Å². The van der Waals surface area contributed by atoms with E-state index in [-0.39, 0.29) is 10.5 Å². The van der Waals surface area contributed by atoms with Gasteiger partial charge in [-0.3, -0.25) is 4.79 Å². The van der Waals surface area contributed by atoms with Crippen LogP contribution in [0.15, 0.2) is 23.1 Å². The molecule has 0 aromatic heterocycles. The fourth-order valence-corrected chi connectivity index (χ4v) is 2.13. The van der Waals surface area contributed by atoms with Crippen LogP contribution in [0.3, 0.4) is 0 Å². The number of benzene rings is 1. The van der Waals surface area contributed by atoms with Crippen molar-refractivity contribution in [1.29, 1.82) is 0 Å². The van der Waals surface area contributed by atoms with E-state index in [2.05, 4.69) is 0 Å². The lowest BCUT2D eigenvalue weighted by atomic mass is 10.4. The number of carbonyl (C=O) groups is 1. The van der Waals surface area contributed by atoms with Crippen LogP contribution in [0.2, 0.25) is 10.0 Å². The molecule has 5 heteroatoms. The van der Waals surface area contributed by atoms with Crippen LogP contribution in [-0.4, -0.2) is 10.5 Å². The molecule has 0 amide bonds. The van der Waals surface area contributed by atoms with Crippen molar-refractivity contribution in [3.8, 4) is 0 Å². The second-order valence-corrected chi connectivity index (χ2v) is 5.24. The maximum absolute atomic E-state index is 10.8. The van der Waals surface area contributed by atoms with Gasteiger partial charge in [0.2, 0.25) is 5.24 Å². The third-order valence-electron chi connectivity index (χ3n) is 1.52. The van der Waals surface area contributed by atoms with Crippen molar-refractivity contribution in [2.24, 2.45) is 0 Å². The molecule has 1 atom stereocenters. The van der Waals surface area contributed by atoms with Gasteiger partial charge >= 0.3 is 0 Å². The molecule has 0 fully saturated rings. The van der Waals surface area contributed by atoms with Crippen molar-refractivity contribution in [3.63, 3.8) is 0 Å². The van der Waals surface area contributed by atoms with E-state index in [1.54, 1.807) is 25.1 Å². The molecule has 0 aliphatic rings. The molecule has 1 nitrogen and oxygen atoms in total. The molecule has 1 aromatic rings. The Morgan fingerprint density at radius 3 is 2.50 bits per heavy atom. The topological polar surface area (TPSA) is 17.1 Å². The summed E-state index contributed by atoms with van der Waals surface area (Å²) in [6, 6.07) is 5.21. The molecule has 76 valence electrons. The second kappa shape index (κ2) is 5.26. The highest BCUT2D eigenvalue weighted by Gasteiger charge is 2.11. The highest BCUT2D eigenvalue weighted by atomic mass is 35.5. The summed E-state index contributed by atoms with van der Waals surface area (Å²) in [5.41, 5.74) is 0. The van der Waals surface area contributed by atoms with Crippen LogP contribution >= 0.6 is 46.6 Å². The third kappa shape index (κ3) is 3.35. The summed E-state index contributed by atoms with van der Waals surface area (Å²) >= 11 is 18.2. The average Bonchev–Trinajstić information content (AvgIpc) is 2.11. The third-order valence-corrected chi connectivity index (χ3v) is 3.81. The number of hydrogen-bond acceptors (Lipinski definition) is 2. The van der Waals surface area contributed by atoms with Gasteiger partial charge in [-0.25, -0.2) is 0 Å². The molecule has 0 aliphatic carbocycles. The van der Waals surface area contributed by atoms with Crippen molar-refractivity contribution in [2.45, 2.75) is 17.1 Å². The number of halogens is 3. The first-order valence-corrected chi connectivity index (χ1v) is 5.83. The van der Waals surface area contributed by atoms with Gasteiger partial charge in [0.15, 0.2) is 0 Å². The summed E-state index contributed by atoms with van der Waals surface area (Å²) in [6.45, 7) is 1.74.